The van der Waals surface area contributed by atoms with Gasteiger partial charge in [0.2, 0.25) is 0 Å². The van der Waals surface area contributed by atoms with Gasteiger partial charge >= 0.3 is 12.3 Å². The average molecular weight is 382 g/mol. The number of benzene rings is 1. The largest absolute Gasteiger partial charge is 0.513 e. The number of nitrogens with zero attached hydrogens (tertiary/aromatic N) is 1. The number of hydrogen-bond donors (Lipinski definition) is 2. The Morgan fingerprint density at radius 3 is 2.56 bits per heavy atom. The molecule has 1 aromatic carbocycles. The molecule has 9 heteroatoms. The first-order valence-corrected chi connectivity index (χ1v) is 7.91. The van der Waals surface area contributed by atoms with Gasteiger partial charge in [-0.1, -0.05) is 18.2 Å². The predicted octanol–water partition coefficient (Wildman–Crippen LogP) is 3.57. The van der Waals surface area contributed by atoms with Crippen LogP contribution < -0.4 is 5.32 Å². The maximum Gasteiger partial charge on any atom is 0.513 e. The number of alkyl halides is 3. The standard InChI is InChI=1S/C18H17F3N2O4/c1-10-13(9-22)15(12-5-3-4-6-14(12)18(19,20)21)16(11(2)23-10)27-17(25)26-8-7-24/h3-6,15,23-24H,7-8H2,1-2H3. The molecule has 1 unspecified atom stereocenters. The van der Waals surface area contributed by atoms with Crippen molar-refractivity contribution in [2.75, 3.05) is 13.2 Å². The minimum absolute atomic E-state index is 0.0118. The van der Waals surface area contributed by atoms with Gasteiger partial charge in [-0.25, -0.2) is 4.79 Å². The van der Waals surface area contributed by atoms with Crippen molar-refractivity contribution < 1.29 is 32.5 Å². The summed E-state index contributed by atoms with van der Waals surface area (Å²) < 4.78 is 50.2. The zero-order chi connectivity index (χ0) is 20.2. The van der Waals surface area contributed by atoms with Crippen molar-refractivity contribution in [3.8, 4) is 6.07 Å². The highest BCUT2D eigenvalue weighted by Gasteiger charge is 2.40. The summed E-state index contributed by atoms with van der Waals surface area (Å²) in [6.07, 6.45) is -5.85. The topological polar surface area (TPSA) is 91.6 Å². The predicted molar refractivity (Wildman–Crippen MR) is 87.9 cm³/mol. The van der Waals surface area contributed by atoms with Gasteiger partial charge in [0.1, 0.15) is 12.4 Å². The highest BCUT2D eigenvalue weighted by molar-refractivity contribution is 5.64. The first-order chi connectivity index (χ1) is 12.7. The second-order valence-electron chi connectivity index (χ2n) is 5.71. The highest BCUT2D eigenvalue weighted by Crippen LogP contribution is 2.43. The van der Waals surface area contributed by atoms with Crippen LogP contribution in [0.3, 0.4) is 0 Å². The SMILES string of the molecule is CC1=C(C#N)C(c2ccccc2C(F)(F)F)C(OC(=O)OCCO)=C(C)N1. The van der Waals surface area contributed by atoms with Crippen molar-refractivity contribution in [1.82, 2.24) is 5.32 Å². The first-order valence-electron chi connectivity index (χ1n) is 7.91. The van der Waals surface area contributed by atoms with Crippen LogP contribution in [-0.2, 0) is 15.7 Å². The Hall–Kier alpha value is -2.99. The molecular formula is C18H17F3N2O4. The van der Waals surface area contributed by atoms with Crippen molar-refractivity contribution in [3.63, 3.8) is 0 Å². The van der Waals surface area contributed by atoms with Crippen molar-refractivity contribution in [2.45, 2.75) is 25.9 Å². The fourth-order valence-corrected chi connectivity index (χ4v) is 2.81. The smallest absolute Gasteiger partial charge is 0.432 e. The molecule has 1 atom stereocenters. The molecular weight excluding hydrogens is 365 g/mol. The van der Waals surface area contributed by atoms with Gasteiger partial charge in [0, 0.05) is 5.70 Å². The van der Waals surface area contributed by atoms with Crippen LogP contribution in [0.5, 0.6) is 0 Å². The van der Waals surface area contributed by atoms with Gasteiger partial charge < -0.3 is 19.9 Å². The third-order valence-electron chi connectivity index (χ3n) is 3.90. The number of rotatable bonds is 4. The quantitative estimate of drug-likeness (QED) is 0.774. The minimum atomic E-state index is -4.66. The van der Waals surface area contributed by atoms with Crippen LogP contribution in [0.1, 0.15) is 30.9 Å². The van der Waals surface area contributed by atoms with Crippen LogP contribution in [-0.4, -0.2) is 24.5 Å². The monoisotopic (exact) mass is 382 g/mol. The van der Waals surface area contributed by atoms with Crippen LogP contribution in [0, 0.1) is 11.3 Å². The maximum absolute atomic E-state index is 13.5. The number of allylic oxidation sites excluding steroid dienone is 3. The molecule has 0 fully saturated rings. The summed E-state index contributed by atoms with van der Waals surface area (Å²) in [6.45, 7) is 2.29. The zero-order valence-corrected chi connectivity index (χ0v) is 14.6. The minimum Gasteiger partial charge on any atom is -0.432 e. The Balaban J connectivity index is 2.59. The first kappa shape index (κ1) is 20.3. The van der Waals surface area contributed by atoms with Crippen LogP contribution in [0.15, 0.2) is 47.0 Å². The zero-order valence-electron chi connectivity index (χ0n) is 14.6. The molecule has 1 heterocycles. The van der Waals surface area contributed by atoms with E-state index in [2.05, 4.69) is 10.1 Å². The Morgan fingerprint density at radius 2 is 1.96 bits per heavy atom. The van der Waals surface area contributed by atoms with Gasteiger partial charge in [0.25, 0.3) is 0 Å². The molecule has 0 aliphatic carbocycles. The van der Waals surface area contributed by atoms with E-state index >= 15 is 0 Å². The van der Waals surface area contributed by atoms with E-state index in [-0.39, 0.29) is 29.2 Å². The summed E-state index contributed by atoms with van der Waals surface area (Å²) in [5.41, 5.74) is -0.536. The molecule has 0 radical (unpaired) electrons. The highest BCUT2D eigenvalue weighted by atomic mass is 19.4. The van der Waals surface area contributed by atoms with Crippen molar-refractivity contribution in [2.24, 2.45) is 0 Å². The molecule has 0 bridgehead atoms. The van der Waals surface area contributed by atoms with Gasteiger partial charge in [-0.2, -0.15) is 18.4 Å². The normalized spacial score (nSPS) is 17.3. The number of hydrogen-bond acceptors (Lipinski definition) is 6. The van der Waals surface area contributed by atoms with Crippen LogP contribution in [0.2, 0.25) is 0 Å². The van der Waals surface area contributed by atoms with E-state index in [1.54, 1.807) is 6.92 Å². The second-order valence-corrected chi connectivity index (χ2v) is 5.71. The summed E-state index contributed by atoms with van der Waals surface area (Å²) >= 11 is 0. The molecule has 6 nitrogen and oxygen atoms in total. The van der Waals surface area contributed by atoms with Crippen LogP contribution in [0.4, 0.5) is 18.0 Å². The van der Waals surface area contributed by atoms with Crippen molar-refractivity contribution >= 4 is 6.16 Å². The average Bonchev–Trinajstić information content (AvgIpc) is 2.61. The molecule has 2 N–H and O–H groups in total. The Morgan fingerprint density at radius 1 is 1.30 bits per heavy atom. The Bertz CT molecular complexity index is 838. The lowest BCUT2D eigenvalue weighted by Crippen LogP contribution is -2.28. The number of ether oxygens (including phenoxy) is 2. The third-order valence-corrected chi connectivity index (χ3v) is 3.90. The molecule has 0 aromatic heterocycles. The fourth-order valence-electron chi connectivity index (χ4n) is 2.81. The van der Waals surface area contributed by atoms with Gasteiger partial charge in [0.15, 0.2) is 0 Å². The molecule has 0 amide bonds. The van der Waals surface area contributed by atoms with Crippen LogP contribution in [0.25, 0.3) is 0 Å². The number of aliphatic hydroxyl groups excluding tert-OH is 1. The molecule has 1 aliphatic heterocycles. The van der Waals surface area contributed by atoms with E-state index in [0.717, 1.165) is 6.07 Å². The van der Waals surface area contributed by atoms with Gasteiger partial charge in [-0.3, -0.25) is 0 Å². The molecule has 1 aromatic rings. The number of nitriles is 1. The molecule has 1 aliphatic rings. The number of carbonyl (C=O) groups excluding carboxylic acids is 1. The van der Waals surface area contributed by atoms with E-state index in [1.807, 2.05) is 6.07 Å². The lowest BCUT2D eigenvalue weighted by molar-refractivity contribution is -0.138. The molecule has 0 saturated carbocycles. The lowest BCUT2D eigenvalue weighted by atomic mass is 9.83. The van der Waals surface area contributed by atoms with E-state index in [4.69, 9.17) is 9.84 Å². The lowest BCUT2D eigenvalue weighted by Gasteiger charge is -2.30. The van der Waals surface area contributed by atoms with E-state index in [1.165, 1.54) is 25.1 Å². The molecule has 0 spiro atoms. The molecule has 0 saturated heterocycles. The molecule has 27 heavy (non-hydrogen) atoms. The van der Waals surface area contributed by atoms with Gasteiger partial charge in [0.05, 0.1) is 35.4 Å². The number of dihydropyridines is 1. The fraction of sp³-hybridized carbons (Fsp3) is 0.333. The number of halogens is 3. The van der Waals surface area contributed by atoms with Gasteiger partial charge in [-0.05, 0) is 25.5 Å². The Kier molecular flexibility index (Phi) is 6.13. The summed E-state index contributed by atoms with van der Waals surface area (Å²) in [5, 5.41) is 21.0. The van der Waals surface area contributed by atoms with E-state index in [0.29, 0.717) is 5.70 Å². The second kappa shape index (κ2) is 8.14. The number of aliphatic hydroxyl groups is 1. The maximum atomic E-state index is 13.5. The third kappa shape index (κ3) is 4.41. The van der Waals surface area contributed by atoms with Crippen molar-refractivity contribution in [1.29, 1.82) is 5.26 Å². The van der Waals surface area contributed by atoms with E-state index in [9.17, 15) is 23.2 Å². The molecule has 144 valence electrons. The van der Waals surface area contributed by atoms with Crippen molar-refractivity contribution in [3.05, 3.63) is 58.1 Å². The number of carbonyl (C=O) groups is 1. The Labute approximate surface area is 153 Å². The summed E-state index contributed by atoms with van der Waals surface area (Å²) in [5.74, 6) is -1.41. The summed E-state index contributed by atoms with van der Waals surface area (Å²) in [4.78, 5) is 11.8. The van der Waals surface area contributed by atoms with Gasteiger partial charge in [-0.15, -0.1) is 0 Å². The van der Waals surface area contributed by atoms with Crippen LogP contribution >= 0.6 is 0 Å². The molecule has 2 rings (SSSR count). The summed E-state index contributed by atoms with van der Waals surface area (Å²) in [7, 11) is 0. The van der Waals surface area contributed by atoms with E-state index < -0.39 is 30.4 Å². The summed E-state index contributed by atoms with van der Waals surface area (Å²) in [6, 6.07) is 6.68. The number of nitrogens with one attached hydrogen (secondary N) is 1.